The highest BCUT2D eigenvalue weighted by molar-refractivity contribution is 6.12. The van der Waals surface area contributed by atoms with Crippen LogP contribution in [0.4, 0.5) is 0 Å². The first kappa shape index (κ1) is 37.5. The largest absolute Gasteiger partial charge is 0.309 e. The van der Waals surface area contributed by atoms with Crippen molar-refractivity contribution in [3.05, 3.63) is 231 Å². The van der Waals surface area contributed by atoms with Crippen LogP contribution in [0.15, 0.2) is 231 Å². The summed E-state index contributed by atoms with van der Waals surface area (Å²) in [6, 6.07) is 75.0. The van der Waals surface area contributed by atoms with Gasteiger partial charge < -0.3 is 4.57 Å². The molecular formula is C60H38N6. The molecule has 0 unspecified atom stereocenters. The molecule has 5 heterocycles. The summed E-state index contributed by atoms with van der Waals surface area (Å²) < 4.78 is 4.65. The minimum Gasteiger partial charge on any atom is -0.309 e. The van der Waals surface area contributed by atoms with Crippen molar-refractivity contribution in [3.63, 3.8) is 0 Å². The van der Waals surface area contributed by atoms with Crippen LogP contribution in [0.2, 0.25) is 0 Å². The fraction of sp³-hybridized carbons (Fsp3) is 0. The first-order chi connectivity index (χ1) is 32.7. The molecule has 0 aliphatic heterocycles. The normalized spacial score (nSPS) is 11.6. The van der Waals surface area contributed by atoms with Gasteiger partial charge in [-0.25, -0.2) is 9.97 Å². The Morgan fingerprint density at radius 2 is 0.970 bits per heavy atom. The average Bonchev–Trinajstić information content (AvgIpc) is 3.91. The number of hydrogen-bond donors (Lipinski definition) is 0. The number of benzene rings is 8. The molecule has 0 amide bonds. The Labute approximate surface area is 380 Å². The van der Waals surface area contributed by atoms with Crippen LogP contribution in [0, 0.1) is 0 Å². The van der Waals surface area contributed by atoms with E-state index < -0.39 is 0 Å². The lowest BCUT2D eigenvalue weighted by molar-refractivity contribution is 1.05. The summed E-state index contributed by atoms with van der Waals surface area (Å²) in [7, 11) is 0. The number of nitrogens with zero attached hydrogens (tertiary/aromatic N) is 6. The van der Waals surface area contributed by atoms with Gasteiger partial charge in [-0.2, -0.15) is 0 Å². The Morgan fingerprint density at radius 3 is 1.74 bits per heavy atom. The van der Waals surface area contributed by atoms with E-state index in [1.165, 1.54) is 0 Å². The lowest BCUT2D eigenvalue weighted by Gasteiger charge is -2.14. The summed E-state index contributed by atoms with van der Waals surface area (Å²) in [5, 5.41) is 6.61. The maximum absolute atomic E-state index is 5.38. The Balaban J connectivity index is 1.00. The highest BCUT2D eigenvalue weighted by Gasteiger charge is 2.20. The third-order valence-electron chi connectivity index (χ3n) is 12.9. The predicted molar refractivity (Wildman–Crippen MR) is 271 cm³/mol. The molecule has 66 heavy (non-hydrogen) atoms. The zero-order chi connectivity index (χ0) is 43.6. The van der Waals surface area contributed by atoms with Gasteiger partial charge in [0.1, 0.15) is 5.82 Å². The number of pyridine rings is 2. The van der Waals surface area contributed by atoms with Gasteiger partial charge >= 0.3 is 0 Å². The van der Waals surface area contributed by atoms with E-state index in [9.17, 15) is 0 Å². The zero-order valence-corrected chi connectivity index (χ0v) is 35.6. The maximum Gasteiger partial charge on any atom is 0.162 e. The number of aromatic nitrogens is 6. The lowest BCUT2D eigenvalue weighted by atomic mass is 9.98. The predicted octanol–water partition coefficient (Wildman–Crippen LogP) is 14.9. The van der Waals surface area contributed by atoms with Crippen molar-refractivity contribution in [2.45, 2.75) is 0 Å². The third kappa shape index (κ3) is 6.26. The Morgan fingerprint density at radius 1 is 0.333 bits per heavy atom. The molecule has 0 saturated heterocycles. The first-order valence-electron chi connectivity index (χ1n) is 22.2. The summed E-state index contributed by atoms with van der Waals surface area (Å²) in [6.45, 7) is 0. The van der Waals surface area contributed by atoms with Crippen LogP contribution in [0.5, 0.6) is 0 Å². The van der Waals surface area contributed by atoms with Crippen molar-refractivity contribution in [2.75, 3.05) is 0 Å². The molecule has 6 heteroatoms. The fourth-order valence-electron chi connectivity index (χ4n) is 9.75. The van der Waals surface area contributed by atoms with Gasteiger partial charge in [0.2, 0.25) is 0 Å². The van der Waals surface area contributed by atoms with Crippen LogP contribution in [0.1, 0.15) is 0 Å². The Kier molecular flexibility index (Phi) is 8.74. The molecule has 6 nitrogen and oxygen atoms in total. The third-order valence-corrected chi connectivity index (χ3v) is 12.9. The molecule has 0 aliphatic rings. The molecule has 8 aromatic carbocycles. The highest BCUT2D eigenvalue weighted by Crippen LogP contribution is 2.40. The molecule has 0 saturated carbocycles. The average molecular weight is 843 g/mol. The van der Waals surface area contributed by atoms with Crippen molar-refractivity contribution in [1.29, 1.82) is 0 Å². The number of para-hydroxylation sites is 1. The second kappa shape index (κ2) is 15.4. The van der Waals surface area contributed by atoms with Gasteiger partial charge in [-0.05, 0) is 81.6 Å². The first-order valence-corrected chi connectivity index (χ1v) is 22.2. The van der Waals surface area contributed by atoms with Gasteiger partial charge in [0.15, 0.2) is 5.82 Å². The number of rotatable bonds is 7. The molecule has 13 aromatic rings. The summed E-state index contributed by atoms with van der Waals surface area (Å²) in [4.78, 5) is 20.3. The second-order valence-corrected chi connectivity index (χ2v) is 16.7. The monoisotopic (exact) mass is 842 g/mol. The van der Waals surface area contributed by atoms with Gasteiger partial charge in [0.25, 0.3) is 0 Å². The van der Waals surface area contributed by atoms with Crippen molar-refractivity contribution in [3.8, 4) is 67.7 Å². The van der Waals surface area contributed by atoms with E-state index in [0.29, 0.717) is 5.82 Å². The van der Waals surface area contributed by atoms with Crippen LogP contribution in [-0.2, 0) is 0 Å². The van der Waals surface area contributed by atoms with E-state index in [2.05, 4.69) is 220 Å². The van der Waals surface area contributed by atoms with Gasteiger partial charge in [0.05, 0.1) is 33.5 Å². The minimum atomic E-state index is 0.680. The molecular weight excluding hydrogens is 805 g/mol. The van der Waals surface area contributed by atoms with Crippen LogP contribution < -0.4 is 0 Å². The molecule has 5 aromatic heterocycles. The molecule has 0 spiro atoms. The molecule has 0 fully saturated rings. The van der Waals surface area contributed by atoms with Gasteiger partial charge in [-0.15, -0.1) is 0 Å². The molecule has 308 valence electrons. The van der Waals surface area contributed by atoms with Gasteiger partial charge in [-0.1, -0.05) is 158 Å². The van der Waals surface area contributed by atoms with Crippen LogP contribution in [0.25, 0.3) is 122 Å². The Hall–Kier alpha value is -9.00. The zero-order valence-electron chi connectivity index (χ0n) is 35.6. The van der Waals surface area contributed by atoms with E-state index in [1.54, 1.807) is 0 Å². The van der Waals surface area contributed by atoms with Crippen LogP contribution >= 0.6 is 0 Å². The van der Waals surface area contributed by atoms with E-state index in [4.69, 9.17) is 15.0 Å². The summed E-state index contributed by atoms with van der Waals surface area (Å²) in [6.07, 6.45) is 5.84. The van der Waals surface area contributed by atoms with Crippen molar-refractivity contribution in [1.82, 2.24) is 29.1 Å². The van der Waals surface area contributed by atoms with E-state index in [1.807, 2.05) is 24.7 Å². The molecule has 0 bridgehead atoms. The molecule has 13 rings (SSSR count). The van der Waals surface area contributed by atoms with E-state index in [-0.39, 0.29) is 0 Å². The van der Waals surface area contributed by atoms with E-state index >= 15 is 0 Å². The molecule has 0 aliphatic carbocycles. The summed E-state index contributed by atoms with van der Waals surface area (Å²) in [5.74, 6) is 1.48. The van der Waals surface area contributed by atoms with Crippen molar-refractivity contribution in [2.24, 2.45) is 0 Å². The summed E-state index contributed by atoms with van der Waals surface area (Å²) in [5.41, 5.74) is 14.7. The quantitative estimate of drug-likeness (QED) is 0.160. The summed E-state index contributed by atoms with van der Waals surface area (Å²) >= 11 is 0. The minimum absolute atomic E-state index is 0.680. The molecule has 0 atom stereocenters. The lowest BCUT2D eigenvalue weighted by Crippen LogP contribution is -2.02. The van der Waals surface area contributed by atoms with Gasteiger partial charge in [0, 0.05) is 68.6 Å². The number of fused-ring (bicyclic) bond motifs is 7. The van der Waals surface area contributed by atoms with Crippen LogP contribution in [-0.4, -0.2) is 29.1 Å². The van der Waals surface area contributed by atoms with E-state index in [0.717, 1.165) is 116 Å². The standard InChI is InChI=1S/C60H38N6/c1-4-15-39(16-5-1)44-31-45(40-17-6-2-7-18-40)33-46(32-44)65-57-29-30-61-37-51(57)52-38-62-53(35-58(52)65)43-27-28-56-50(34-43)48-24-12-13-26-55(48)66(56)59-36-54(42-20-8-3-9-21-42)63-60(64-59)49-25-14-22-41-19-10-11-23-47(41)49/h1-38H. The van der Waals surface area contributed by atoms with Crippen molar-refractivity contribution < 1.29 is 0 Å². The highest BCUT2D eigenvalue weighted by atomic mass is 15.1. The molecule has 0 N–H and O–H groups in total. The smallest absolute Gasteiger partial charge is 0.162 e. The Bertz CT molecular complexity index is 3920. The number of hydrogen-bond acceptors (Lipinski definition) is 4. The maximum atomic E-state index is 5.38. The van der Waals surface area contributed by atoms with Gasteiger partial charge in [-0.3, -0.25) is 14.5 Å². The van der Waals surface area contributed by atoms with Crippen molar-refractivity contribution >= 4 is 54.4 Å². The second-order valence-electron chi connectivity index (χ2n) is 16.7. The fourth-order valence-corrected chi connectivity index (χ4v) is 9.75. The van der Waals surface area contributed by atoms with Crippen LogP contribution in [0.3, 0.4) is 0 Å². The molecule has 0 radical (unpaired) electrons. The SMILES string of the molecule is c1ccc(-c2cc(-c3ccccc3)cc(-n3c4ccncc4c4cnc(-c5ccc6c(c5)c5ccccc5n6-c5cc(-c6ccccc6)nc(-c6cccc7ccccc67)n5)cc43)c2)cc1. The topological polar surface area (TPSA) is 61.4 Å².